The van der Waals surface area contributed by atoms with Crippen molar-refractivity contribution < 1.29 is 0 Å². The topological polar surface area (TPSA) is 78.0 Å². The van der Waals surface area contributed by atoms with E-state index in [4.69, 9.17) is 0 Å². The zero-order chi connectivity index (χ0) is 21.7. The molecule has 1 saturated heterocycles. The number of piperazine rings is 1. The lowest BCUT2D eigenvalue weighted by Crippen LogP contribution is -2.57. The molecule has 0 radical (unpaired) electrons. The second kappa shape index (κ2) is 7.36. The number of aryl methyl sites for hydroxylation is 1. The highest BCUT2D eigenvalue weighted by Gasteiger charge is 2.32. The first-order valence-corrected chi connectivity index (χ1v) is 11.1. The summed E-state index contributed by atoms with van der Waals surface area (Å²) in [6, 6.07) is 11.7. The van der Waals surface area contributed by atoms with Gasteiger partial charge in [-0.2, -0.15) is 5.26 Å². The van der Waals surface area contributed by atoms with E-state index in [1.807, 2.05) is 12.3 Å². The van der Waals surface area contributed by atoms with Crippen LogP contribution in [0.15, 0.2) is 46.7 Å². The molecule has 0 amide bonds. The van der Waals surface area contributed by atoms with Gasteiger partial charge in [-0.25, -0.2) is 4.98 Å². The maximum atomic E-state index is 12.7. The van der Waals surface area contributed by atoms with Crippen molar-refractivity contribution in [3.05, 3.63) is 58.0 Å². The van der Waals surface area contributed by atoms with Gasteiger partial charge in [0.25, 0.3) is 5.56 Å². The fraction of sp³-hybridized carbons (Fsp3) is 0.304. The molecule has 1 aliphatic rings. The molecule has 5 rings (SSSR count). The molecule has 156 valence electrons. The lowest BCUT2D eigenvalue weighted by atomic mass is 10.1. The third-order valence-corrected chi connectivity index (χ3v) is 7.02. The van der Waals surface area contributed by atoms with E-state index in [0.717, 1.165) is 29.8 Å². The molecule has 31 heavy (non-hydrogen) atoms. The predicted octanol–water partition coefficient (Wildman–Crippen LogP) is 3.52. The minimum atomic E-state index is -0.0793. The van der Waals surface area contributed by atoms with E-state index in [1.165, 1.54) is 10.4 Å². The molecule has 1 aliphatic heterocycles. The van der Waals surface area contributed by atoms with E-state index in [0.29, 0.717) is 11.2 Å². The van der Waals surface area contributed by atoms with Crippen molar-refractivity contribution in [3.8, 4) is 6.07 Å². The fourth-order valence-corrected chi connectivity index (χ4v) is 5.36. The molecular weight excluding hydrogens is 408 g/mol. The molecule has 0 unspecified atom stereocenters. The van der Waals surface area contributed by atoms with Gasteiger partial charge in [-0.05, 0) is 38.1 Å². The Balaban J connectivity index is 1.56. The molecular formula is C23H22N6OS. The molecule has 0 N–H and O–H groups in total. The van der Waals surface area contributed by atoms with Gasteiger partial charge in [-0.15, -0.1) is 11.3 Å². The van der Waals surface area contributed by atoms with Gasteiger partial charge in [0.1, 0.15) is 22.8 Å². The Kier molecular flexibility index (Phi) is 4.63. The quantitative estimate of drug-likeness (QED) is 0.484. The van der Waals surface area contributed by atoms with Crippen LogP contribution in [0.5, 0.6) is 0 Å². The Morgan fingerprint density at radius 1 is 1.10 bits per heavy atom. The zero-order valence-electron chi connectivity index (χ0n) is 17.6. The van der Waals surface area contributed by atoms with Crippen molar-refractivity contribution in [2.45, 2.75) is 25.9 Å². The summed E-state index contributed by atoms with van der Waals surface area (Å²) in [5.41, 5.74) is 4.69. The SMILES string of the molecule is C[C@H]1CN(c2cc(=O)n(C)c3ccc(C#N)nc23)[C@@H](C)CN1c1csc2cccnc12. The summed E-state index contributed by atoms with van der Waals surface area (Å²) in [5, 5.41) is 11.5. The second-order valence-electron chi connectivity index (χ2n) is 8.08. The van der Waals surface area contributed by atoms with Crippen LogP contribution in [-0.2, 0) is 7.05 Å². The molecule has 0 saturated carbocycles. The first-order valence-electron chi connectivity index (χ1n) is 10.2. The number of hydrogen-bond donors (Lipinski definition) is 0. The molecule has 0 aliphatic carbocycles. The van der Waals surface area contributed by atoms with Crippen LogP contribution in [0.1, 0.15) is 19.5 Å². The molecule has 4 aromatic rings. The Hall–Kier alpha value is -3.44. The molecule has 8 heteroatoms. The van der Waals surface area contributed by atoms with Crippen molar-refractivity contribution >= 4 is 44.0 Å². The summed E-state index contributed by atoms with van der Waals surface area (Å²) in [4.78, 5) is 26.5. The smallest absolute Gasteiger partial charge is 0.252 e. The minimum absolute atomic E-state index is 0.0793. The van der Waals surface area contributed by atoms with Crippen LogP contribution in [0.2, 0.25) is 0 Å². The Morgan fingerprint density at radius 2 is 1.84 bits per heavy atom. The van der Waals surface area contributed by atoms with Gasteiger partial charge in [0.2, 0.25) is 0 Å². The molecule has 0 bridgehead atoms. The van der Waals surface area contributed by atoms with Crippen LogP contribution in [0.25, 0.3) is 21.3 Å². The number of anilines is 2. The molecule has 0 aromatic carbocycles. The summed E-state index contributed by atoms with van der Waals surface area (Å²) >= 11 is 1.72. The number of pyridine rings is 3. The number of nitrogens with zero attached hydrogens (tertiary/aromatic N) is 6. The summed E-state index contributed by atoms with van der Waals surface area (Å²) in [7, 11) is 1.74. The highest BCUT2D eigenvalue weighted by Crippen LogP contribution is 2.36. The van der Waals surface area contributed by atoms with Crippen molar-refractivity contribution in [2.24, 2.45) is 7.05 Å². The number of nitriles is 1. The fourth-order valence-electron chi connectivity index (χ4n) is 4.45. The minimum Gasteiger partial charge on any atom is -0.363 e. The first-order chi connectivity index (χ1) is 15.0. The van der Waals surface area contributed by atoms with Gasteiger partial charge in [-0.3, -0.25) is 9.78 Å². The van der Waals surface area contributed by atoms with Gasteiger partial charge >= 0.3 is 0 Å². The molecule has 7 nitrogen and oxygen atoms in total. The number of fused-ring (bicyclic) bond motifs is 2. The Bertz CT molecular complexity index is 1400. The summed E-state index contributed by atoms with van der Waals surface area (Å²) in [6.45, 7) is 5.91. The van der Waals surface area contributed by atoms with Crippen molar-refractivity contribution in [2.75, 3.05) is 22.9 Å². The number of rotatable bonds is 2. The van der Waals surface area contributed by atoms with Gasteiger partial charge in [0, 0.05) is 49.9 Å². The van der Waals surface area contributed by atoms with E-state index in [-0.39, 0.29) is 17.6 Å². The number of hydrogen-bond acceptors (Lipinski definition) is 7. The number of aromatic nitrogens is 3. The first kappa shape index (κ1) is 19.5. The summed E-state index contributed by atoms with van der Waals surface area (Å²) in [5.74, 6) is 0. The lowest BCUT2D eigenvalue weighted by Gasteiger charge is -2.46. The standard InChI is InChI=1S/C23H22N6OS/c1-14-12-29(19-13-31-20-5-4-8-25-23(19)20)15(2)11-28(14)18-9-21(30)27(3)17-7-6-16(10-24)26-22(17)18/h4-9,13-15H,11-12H2,1-3H3/t14-,15-/m0/s1. The van der Waals surface area contributed by atoms with Crippen LogP contribution < -0.4 is 15.4 Å². The summed E-state index contributed by atoms with van der Waals surface area (Å²) < 4.78 is 2.77. The van der Waals surface area contributed by atoms with Gasteiger partial charge in [0.05, 0.1) is 21.6 Å². The van der Waals surface area contributed by atoms with Crippen LogP contribution >= 0.6 is 11.3 Å². The normalized spacial score (nSPS) is 19.2. The molecule has 2 atom stereocenters. The average molecular weight is 431 g/mol. The van der Waals surface area contributed by atoms with E-state index in [2.05, 4.69) is 51.1 Å². The van der Waals surface area contributed by atoms with E-state index in [9.17, 15) is 10.1 Å². The largest absolute Gasteiger partial charge is 0.363 e. The maximum absolute atomic E-state index is 12.7. The Labute approximate surface area is 183 Å². The molecule has 5 heterocycles. The number of thiophene rings is 1. The third-order valence-electron chi connectivity index (χ3n) is 6.10. The monoisotopic (exact) mass is 430 g/mol. The van der Waals surface area contributed by atoms with Gasteiger partial charge < -0.3 is 14.4 Å². The van der Waals surface area contributed by atoms with E-state index < -0.39 is 0 Å². The Morgan fingerprint density at radius 3 is 2.58 bits per heavy atom. The van der Waals surface area contributed by atoms with E-state index >= 15 is 0 Å². The zero-order valence-corrected chi connectivity index (χ0v) is 18.4. The third kappa shape index (κ3) is 3.13. The van der Waals surface area contributed by atoms with Crippen LogP contribution in [0.3, 0.4) is 0 Å². The van der Waals surface area contributed by atoms with Gasteiger partial charge in [0.15, 0.2) is 0 Å². The van der Waals surface area contributed by atoms with Crippen LogP contribution in [0, 0.1) is 11.3 Å². The average Bonchev–Trinajstić information content (AvgIpc) is 3.21. The summed E-state index contributed by atoms with van der Waals surface area (Å²) in [6.07, 6.45) is 1.84. The highest BCUT2D eigenvalue weighted by molar-refractivity contribution is 7.17. The van der Waals surface area contributed by atoms with Crippen molar-refractivity contribution in [1.82, 2.24) is 14.5 Å². The second-order valence-corrected chi connectivity index (χ2v) is 8.99. The van der Waals surface area contributed by atoms with Crippen molar-refractivity contribution in [1.29, 1.82) is 5.26 Å². The molecule has 1 fully saturated rings. The maximum Gasteiger partial charge on any atom is 0.252 e. The lowest BCUT2D eigenvalue weighted by molar-refractivity contribution is 0.482. The predicted molar refractivity (Wildman–Crippen MR) is 125 cm³/mol. The van der Waals surface area contributed by atoms with E-state index in [1.54, 1.807) is 41.2 Å². The van der Waals surface area contributed by atoms with Gasteiger partial charge in [-0.1, -0.05) is 0 Å². The van der Waals surface area contributed by atoms with Crippen molar-refractivity contribution in [3.63, 3.8) is 0 Å². The molecule has 4 aromatic heterocycles. The highest BCUT2D eigenvalue weighted by atomic mass is 32.1. The van der Waals surface area contributed by atoms with Crippen LogP contribution in [-0.4, -0.2) is 39.7 Å². The van der Waals surface area contributed by atoms with Crippen LogP contribution in [0.4, 0.5) is 11.4 Å². The molecule has 0 spiro atoms.